The van der Waals surface area contributed by atoms with Crippen LogP contribution in [0, 0.1) is 0 Å². The third-order valence-electron chi connectivity index (χ3n) is 3.14. The molecule has 0 atom stereocenters. The number of halogens is 1. The monoisotopic (exact) mass is 286 g/mol. The lowest BCUT2D eigenvalue weighted by Gasteiger charge is -2.21. The summed E-state index contributed by atoms with van der Waals surface area (Å²) < 4.78 is 0.813. The first-order valence-corrected chi connectivity index (χ1v) is 7.38. The van der Waals surface area contributed by atoms with Gasteiger partial charge in [0.1, 0.15) is 0 Å². The lowest BCUT2D eigenvalue weighted by molar-refractivity contribution is 0.475. The number of nitrogens with two attached hydrogens (primary N) is 1. The minimum atomic E-state index is 0.422. The third-order valence-corrected chi connectivity index (χ3v) is 4.36. The van der Waals surface area contributed by atoms with Crippen molar-refractivity contribution in [1.82, 2.24) is 10.3 Å². The van der Waals surface area contributed by atoms with E-state index >= 15 is 0 Å². The van der Waals surface area contributed by atoms with E-state index in [0.717, 1.165) is 16.8 Å². The molecule has 0 bridgehead atoms. The van der Waals surface area contributed by atoms with Crippen molar-refractivity contribution >= 4 is 28.9 Å². The Balaban J connectivity index is 1.98. The van der Waals surface area contributed by atoms with E-state index in [0.29, 0.717) is 6.04 Å². The average molecular weight is 287 g/mol. The van der Waals surface area contributed by atoms with Gasteiger partial charge < -0.3 is 4.90 Å². The van der Waals surface area contributed by atoms with Gasteiger partial charge >= 0.3 is 0 Å². The molecule has 0 amide bonds. The van der Waals surface area contributed by atoms with Crippen LogP contribution in [0.3, 0.4) is 0 Å². The van der Waals surface area contributed by atoms with Crippen molar-refractivity contribution in [2.24, 2.45) is 10.8 Å². The van der Waals surface area contributed by atoms with E-state index in [2.05, 4.69) is 10.4 Å². The van der Waals surface area contributed by atoms with E-state index in [1.807, 2.05) is 24.1 Å². The summed E-state index contributed by atoms with van der Waals surface area (Å²) in [6.45, 7) is 0.771. The van der Waals surface area contributed by atoms with Crippen LogP contribution in [0.1, 0.15) is 30.6 Å². The zero-order valence-corrected chi connectivity index (χ0v) is 12.1. The van der Waals surface area contributed by atoms with Crippen LogP contribution in [-0.4, -0.2) is 23.9 Å². The second-order valence-corrected chi connectivity index (χ2v) is 6.40. The summed E-state index contributed by atoms with van der Waals surface area (Å²) in [6, 6.07) is 4.37. The number of rotatable bonds is 3. The Morgan fingerprint density at radius 2 is 2.28 bits per heavy atom. The number of nitrogens with zero attached hydrogens (tertiary/aromatic N) is 2. The molecule has 1 aromatic heterocycles. The minimum absolute atomic E-state index is 0.422. The number of aliphatic imine (C=N–C) groups is 1. The van der Waals surface area contributed by atoms with Crippen molar-refractivity contribution in [1.29, 1.82) is 0 Å². The first kappa shape index (κ1) is 13.6. The summed E-state index contributed by atoms with van der Waals surface area (Å²) in [5, 5.41) is 0. The van der Waals surface area contributed by atoms with Crippen molar-refractivity contribution in [3.63, 3.8) is 0 Å². The molecule has 100 valence electrons. The van der Waals surface area contributed by atoms with Crippen molar-refractivity contribution in [3.05, 3.63) is 21.3 Å². The molecule has 6 heteroatoms. The normalized spacial score (nSPS) is 17.2. The van der Waals surface area contributed by atoms with Crippen molar-refractivity contribution in [2.45, 2.75) is 38.3 Å². The van der Waals surface area contributed by atoms with Crippen LogP contribution < -0.4 is 11.3 Å². The van der Waals surface area contributed by atoms with Crippen molar-refractivity contribution < 1.29 is 0 Å². The zero-order valence-electron chi connectivity index (χ0n) is 10.5. The second-order valence-electron chi connectivity index (χ2n) is 4.60. The lowest BCUT2D eigenvalue weighted by Crippen LogP contribution is -2.43. The quantitative estimate of drug-likeness (QED) is 0.389. The minimum Gasteiger partial charge on any atom is -0.340 e. The lowest BCUT2D eigenvalue weighted by atomic mass is 10.3. The summed E-state index contributed by atoms with van der Waals surface area (Å²) in [7, 11) is 1.99. The maximum Gasteiger partial charge on any atom is 0.208 e. The molecule has 1 aromatic rings. The molecule has 0 radical (unpaired) electrons. The van der Waals surface area contributed by atoms with Gasteiger partial charge in [-0.1, -0.05) is 24.4 Å². The van der Waals surface area contributed by atoms with Crippen LogP contribution in [-0.2, 0) is 6.54 Å². The van der Waals surface area contributed by atoms with Gasteiger partial charge in [0.05, 0.1) is 16.9 Å². The molecule has 2 rings (SSSR count). The number of nitrogens with one attached hydrogen (secondary N) is 1. The molecule has 1 fully saturated rings. The Morgan fingerprint density at radius 3 is 2.83 bits per heavy atom. The van der Waals surface area contributed by atoms with Gasteiger partial charge in [-0.2, -0.15) is 0 Å². The Hall–Kier alpha value is -0.780. The van der Waals surface area contributed by atoms with Crippen molar-refractivity contribution in [3.8, 4) is 0 Å². The van der Waals surface area contributed by atoms with E-state index in [-0.39, 0.29) is 0 Å². The Labute approximate surface area is 117 Å². The maximum absolute atomic E-state index is 5.92. The second kappa shape index (κ2) is 6.41. The molecule has 0 spiro atoms. The summed E-state index contributed by atoms with van der Waals surface area (Å²) >= 11 is 7.51. The predicted octanol–water partition coefficient (Wildman–Crippen LogP) is 2.60. The number of hydrazine groups is 1. The topological polar surface area (TPSA) is 53.6 Å². The van der Waals surface area contributed by atoms with Crippen LogP contribution in [0.25, 0.3) is 0 Å². The molecular weight excluding hydrogens is 268 g/mol. The highest BCUT2D eigenvalue weighted by molar-refractivity contribution is 7.16. The van der Waals surface area contributed by atoms with Crippen LogP contribution in [0.4, 0.5) is 0 Å². The highest BCUT2D eigenvalue weighted by Gasteiger charge is 2.16. The van der Waals surface area contributed by atoms with Crippen LogP contribution in [0.5, 0.6) is 0 Å². The highest BCUT2D eigenvalue weighted by atomic mass is 35.5. The van der Waals surface area contributed by atoms with Gasteiger partial charge in [0.15, 0.2) is 0 Å². The molecule has 1 aliphatic rings. The van der Waals surface area contributed by atoms with Crippen LogP contribution in [0.15, 0.2) is 17.1 Å². The molecular formula is C12H19ClN4S. The number of hydrogen-bond donors (Lipinski definition) is 2. The van der Waals surface area contributed by atoms with Gasteiger partial charge in [0, 0.05) is 11.9 Å². The van der Waals surface area contributed by atoms with E-state index in [1.54, 1.807) is 11.3 Å². The first-order chi connectivity index (χ1) is 8.69. The molecule has 3 N–H and O–H groups in total. The summed E-state index contributed by atoms with van der Waals surface area (Å²) in [4.78, 5) is 7.91. The molecule has 4 nitrogen and oxygen atoms in total. The molecule has 0 unspecified atom stereocenters. The zero-order chi connectivity index (χ0) is 13.0. The molecule has 0 aliphatic heterocycles. The maximum atomic E-state index is 5.92. The third kappa shape index (κ3) is 3.60. The fourth-order valence-electron chi connectivity index (χ4n) is 2.20. The average Bonchev–Trinajstić information content (AvgIpc) is 2.97. The SMILES string of the molecule is CN(Cc1ccc(Cl)s1)C(=NC1CCCC1)NN. The van der Waals surface area contributed by atoms with Crippen molar-refractivity contribution in [2.75, 3.05) is 7.05 Å². The fourth-order valence-corrected chi connectivity index (χ4v) is 3.34. The Morgan fingerprint density at radius 1 is 1.56 bits per heavy atom. The molecule has 0 aromatic carbocycles. The van der Waals surface area contributed by atoms with Gasteiger partial charge in [-0.15, -0.1) is 11.3 Å². The van der Waals surface area contributed by atoms with Gasteiger partial charge in [-0.25, -0.2) is 10.8 Å². The molecule has 1 heterocycles. The smallest absolute Gasteiger partial charge is 0.208 e. The van der Waals surface area contributed by atoms with Crippen LogP contribution >= 0.6 is 22.9 Å². The molecule has 18 heavy (non-hydrogen) atoms. The summed E-state index contributed by atoms with van der Waals surface area (Å²) in [6.07, 6.45) is 4.89. The number of guanidine groups is 1. The van der Waals surface area contributed by atoms with Gasteiger partial charge in [-0.3, -0.25) is 5.43 Å². The van der Waals surface area contributed by atoms with Gasteiger partial charge in [0.25, 0.3) is 0 Å². The van der Waals surface area contributed by atoms with E-state index < -0.39 is 0 Å². The predicted molar refractivity (Wildman–Crippen MR) is 77.8 cm³/mol. The largest absolute Gasteiger partial charge is 0.340 e. The van der Waals surface area contributed by atoms with E-state index in [9.17, 15) is 0 Å². The Bertz CT molecular complexity index is 412. The molecule has 0 saturated heterocycles. The van der Waals surface area contributed by atoms with Gasteiger partial charge in [-0.05, 0) is 25.0 Å². The van der Waals surface area contributed by atoms with Gasteiger partial charge in [0.2, 0.25) is 5.96 Å². The summed E-state index contributed by atoms with van der Waals surface area (Å²) in [5.41, 5.74) is 2.70. The number of hydrogen-bond acceptors (Lipinski definition) is 3. The molecule has 1 aliphatic carbocycles. The highest BCUT2D eigenvalue weighted by Crippen LogP contribution is 2.23. The molecule has 1 saturated carbocycles. The fraction of sp³-hybridized carbons (Fsp3) is 0.583. The van der Waals surface area contributed by atoms with E-state index in [1.165, 1.54) is 30.6 Å². The number of thiophene rings is 1. The van der Waals surface area contributed by atoms with E-state index in [4.69, 9.17) is 17.4 Å². The summed E-state index contributed by atoms with van der Waals surface area (Å²) in [5.74, 6) is 6.32. The Kier molecular flexibility index (Phi) is 4.86. The standard InChI is InChI=1S/C12H19ClN4S/c1-17(8-10-6-7-11(13)18-10)12(16-14)15-9-4-2-3-5-9/h6-7,9H,2-5,8,14H2,1H3,(H,15,16). The van der Waals surface area contributed by atoms with Crippen LogP contribution in [0.2, 0.25) is 4.34 Å². The first-order valence-electron chi connectivity index (χ1n) is 6.19.